The van der Waals surface area contributed by atoms with E-state index in [9.17, 15) is 8.78 Å². The van der Waals surface area contributed by atoms with Crippen molar-refractivity contribution in [1.29, 1.82) is 0 Å². The molecule has 0 spiro atoms. The van der Waals surface area contributed by atoms with Gasteiger partial charge < -0.3 is 9.84 Å². The lowest BCUT2D eigenvalue weighted by atomic mass is 10.7. The zero-order valence-corrected chi connectivity index (χ0v) is 4.47. The lowest BCUT2D eigenvalue weighted by Gasteiger charge is -2.06. The fourth-order valence-electron chi connectivity index (χ4n) is 0.250. The molecule has 0 aromatic rings. The lowest BCUT2D eigenvalue weighted by molar-refractivity contribution is -0.172. The van der Waals surface area contributed by atoms with Crippen LogP contribution in [-0.2, 0) is 4.74 Å². The molecule has 8 heavy (non-hydrogen) atoms. The Morgan fingerprint density at radius 1 is 1.75 bits per heavy atom. The second-order valence-electron chi connectivity index (χ2n) is 1.30. The van der Waals surface area contributed by atoms with Crippen molar-refractivity contribution in [2.45, 2.75) is 19.6 Å². The number of ether oxygens (including phenoxy) is 1. The lowest BCUT2D eigenvalue weighted by Crippen LogP contribution is -2.16. The Hall–Kier alpha value is -0.220. The molecule has 0 fully saturated rings. The van der Waals surface area contributed by atoms with Crippen molar-refractivity contribution in [3.05, 3.63) is 0 Å². The Morgan fingerprint density at radius 2 is 2.25 bits per heavy atom. The number of hydrogen-bond acceptors (Lipinski definition) is 2. The monoisotopic (exact) mass is 126 g/mol. The molecule has 0 heterocycles. The Balaban J connectivity index is 3.10. The summed E-state index contributed by atoms with van der Waals surface area (Å²) in [7, 11) is 0. The minimum Gasteiger partial charge on any atom is -0.368 e. The number of alkyl halides is 2. The van der Waals surface area contributed by atoms with Crippen LogP contribution < -0.4 is 0 Å². The summed E-state index contributed by atoms with van der Waals surface area (Å²) in [5, 5.41) is 8.22. The van der Waals surface area contributed by atoms with Gasteiger partial charge in [-0.3, -0.25) is 0 Å². The quantitative estimate of drug-likeness (QED) is 0.561. The Kier molecular flexibility index (Phi) is 3.64. The van der Waals surface area contributed by atoms with E-state index >= 15 is 0 Å². The van der Waals surface area contributed by atoms with Gasteiger partial charge in [0.2, 0.25) is 6.36 Å². The van der Waals surface area contributed by atoms with Crippen LogP contribution in [0, 0.1) is 0 Å². The third-order valence-corrected chi connectivity index (χ3v) is 0.466. The Morgan fingerprint density at radius 3 is 2.38 bits per heavy atom. The minimum absolute atomic E-state index is 1.21. The number of aliphatic hydroxyl groups is 1. The molecule has 0 saturated heterocycles. The van der Waals surface area contributed by atoms with Crippen LogP contribution in [0.15, 0.2) is 0 Å². The normalized spacial score (nSPS) is 18.0. The van der Waals surface area contributed by atoms with Gasteiger partial charge in [-0.2, -0.15) is 0 Å². The summed E-state index contributed by atoms with van der Waals surface area (Å²) < 4.78 is 26.7. The first-order valence-corrected chi connectivity index (χ1v) is 2.20. The second kappa shape index (κ2) is 3.74. The van der Waals surface area contributed by atoms with Crippen LogP contribution in [0.3, 0.4) is 0 Å². The first-order chi connectivity index (χ1) is 3.66. The molecular weight excluding hydrogens is 118 g/mol. The number of rotatable bonds is 3. The van der Waals surface area contributed by atoms with Crippen LogP contribution in [0.25, 0.3) is 0 Å². The fraction of sp³-hybridized carbons (Fsp3) is 1.00. The molecule has 2 nitrogen and oxygen atoms in total. The van der Waals surface area contributed by atoms with Gasteiger partial charge in [-0.05, 0) is 6.92 Å². The van der Waals surface area contributed by atoms with Crippen LogP contribution >= 0.6 is 0 Å². The summed E-state index contributed by atoms with van der Waals surface area (Å²) in [6.45, 7) is -0.00681. The van der Waals surface area contributed by atoms with E-state index in [0.717, 1.165) is 0 Å². The molecule has 0 radical (unpaired) electrons. The molecule has 2 atom stereocenters. The van der Waals surface area contributed by atoms with Gasteiger partial charge >= 0.3 is 0 Å². The van der Waals surface area contributed by atoms with E-state index in [1.807, 2.05) is 0 Å². The van der Waals surface area contributed by atoms with E-state index in [4.69, 9.17) is 5.11 Å². The van der Waals surface area contributed by atoms with Gasteiger partial charge in [-0.1, -0.05) is 0 Å². The van der Waals surface area contributed by atoms with Crippen molar-refractivity contribution in [2.75, 3.05) is 6.67 Å². The predicted molar refractivity (Wildman–Crippen MR) is 23.6 cm³/mol. The summed E-state index contributed by atoms with van der Waals surface area (Å²) >= 11 is 0. The van der Waals surface area contributed by atoms with Crippen molar-refractivity contribution in [2.24, 2.45) is 0 Å². The van der Waals surface area contributed by atoms with Gasteiger partial charge in [0, 0.05) is 0 Å². The smallest absolute Gasteiger partial charge is 0.229 e. The SMILES string of the molecule is CC(O)OC(F)CF. The average molecular weight is 126 g/mol. The van der Waals surface area contributed by atoms with E-state index in [2.05, 4.69) is 4.74 Å². The van der Waals surface area contributed by atoms with E-state index in [-0.39, 0.29) is 0 Å². The maximum atomic E-state index is 11.6. The molecule has 0 aliphatic rings. The summed E-state index contributed by atoms with van der Waals surface area (Å²) in [6.07, 6.45) is -3.23. The van der Waals surface area contributed by atoms with Crippen molar-refractivity contribution < 1.29 is 18.6 Å². The van der Waals surface area contributed by atoms with E-state index in [0.29, 0.717) is 0 Å². The van der Waals surface area contributed by atoms with E-state index in [1.54, 1.807) is 0 Å². The topological polar surface area (TPSA) is 29.5 Å². The highest BCUT2D eigenvalue weighted by atomic mass is 19.2. The highest BCUT2D eigenvalue weighted by molar-refractivity contribution is 4.34. The number of halogens is 2. The Labute approximate surface area is 46.1 Å². The standard InChI is InChI=1S/C4H8F2O2/c1-3(7)8-4(6)2-5/h3-4,7H,2H2,1H3. The second-order valence-corrected chi connectivity index (χ2v) is 1.30. The third-order valence-electron chi connectivity index (χ3n) is 0.466. The molecule has 0 aromatic heterocycles. The van der Waals surface area contributed by atoms with Crippen LogP contribution in [0.1, 0.15) is 6.92 Å². The summed E-state index contributed by atoms with van der Waals surface area (Å²) in [4.78, 5) is 0. The molecule has 0 aromatic carbocycles. The molecule has 0 rings (SSSR count). The molecule has 1 N–H and O–H groups in total. The largest absolute Gasteiger partial charge is 0.368 e. The van der Waals surface area contributed by atoms with Crippen LogP contribution in [0.5, 0.6) is 0 Å². The van der Waals surface area contributed by atoms with Gasteiger partial charge in [0.15, 0.2) is 6.29 Å². The van der Waals surface area contributed by atoms with E-state index in [1.165, 1.54) is 6.92 Å². The molecule has 4 heteroatoms. The molecule has 0 saturated carbocycles. The zero-order valence-electron chi connectivity index (χ0n) is 4.47. The zero-order chi connectivity index (χ0) is 6.57. The molecule has 0 aliphatic heterocycles. The maximum Gasteiger partial charge on any atom is 0.229 e. The van der Waals surface area contributed by atoms with Gasteiger partial charge in [0.25, 0.3) is 0 Å². The number of hydrogen-bond donors (Lipinski definition) is 1. The minimum atomic E-state index is -1.99. The van der Waals surface area contributed by atoms with E-state index < -0.39 is 19.3 Å². The van der Waals surface area contributed by atoms with Crippen molar-refractivity contribution in [1.82, 2.24) is 0 Å². The molecule has 0 bridgehead atoms. The summed E-state index contributed by atoms with van der Waals surface area (Å²) in [6, 6.07) is 0. The highest BCUT2D eigenvalue weighted by Crippen LogP contribution is 1.96. The van der Waals surface area contributed by atoms with Gasteiger partial charge in [-0.25, -0.2) is 8.78 Å². The van der Waals surface area contributed by atoms with Gasteiger partial charge in [-0.15, -0.1) is 0 Å². The van der Waals surface area contributed by atoms with Crippen molar-refractivity contribution in [3.8, 4) is 0 Å². The third kappa shape index (κ3) is 3.95. The van der Waals surface area contributed by atoms with Gasteiger partial charge in [0.1, 0.15) is 6.67 Å². The maximum absolute atomic E-state index is 11.6. The molecule has 0 amide bonds. The number of aliphatic hydroxyl groups excluding tert-OH is 1. The van der Waals surface area contributed by atoms with Gasteiger partial charge in [0.05, 0.1) is 0 Å². The molecule has 50 valence electrons. The predicted octanol–water partition coefficient (Wildman–Crippen LogP) is 0.606. The van der Waals surface area contributed by atoms with Crippen LogP contribution in [-0.4, -0.2) is 24.4 Å². The average Bonchev–Trinajstić information content (AvgIpc) is 1.65. The van der Waals surface area contributed by atoms with Crippen molar-refractivity contribution in [3.63, 3.8) is 0 Å². The van der Waals surface area contributed by atoms with Crippen LogP contribution in [0.4, 0.5) is 8.78 Å². The van der Waals surface area contributed by atoms with Crippen LogP contribution in [0.2, 0.25) is 0 Å². The highest BCUT2D eigenvalue weighted by Gasteiger charge is 2.07. The van der Waals surface area contributed by atoms with Crippen molar-refractivity contribution >= 4 is 0 Å². The summed E-state index contributed by atoms with van der Waals surface area (Å²) in [5.41, 5.74) is 0. The Bertz CT molecular complexity index is 58.0. The molecular formula is C4H8F2O2. The first-order valence-electron chi connectivity index (χ1n) is 2.20. The molecule has 0 aliphatic carbocycles. The molecule has 2 unspecified atom stereocenters. The first kappa shape index (κ1) is 7.78. The summed E-state index contributed by atoms with van der Waals surface area (Å²) in [5.74, 6) is 0. The fourth-order valence-corrected chi connectivity index (χ4v) is 0.250.